The van der Waals surface area contributed by atoms with E-state index >= 15 is 0 Å². The summed E-state index contributed by atoms with van der Waals surface area (Å²) in [7, 11) is 0. The van der Waals surface area contributed by atoms with Crippen LogP contribution in [0.4, 0.5) is 5.69 Å². The van der Waals surface area contributed by atoms with Crippen molar-refractivity contribution in [1.82, 2.24) is 20.0 Å². The molecule has 7 heteroatoms. The van der Waals surface area contributed by atoms with Crippen molar-refractivity contribution in [3.05, 3.63) is 82.7 Å². The van der Waals surface area contributed by atoms with E-state index in [1.807, 2.05) is 69.6 Å². The molecule has 2 aromatic carbocycles. The Morgan fingerprint density at radius 3 is 2.65 bits per heavy atom. The molecule has 0 radical (unpaired) electrons. The van der Waals surface area contributed by atoms with Gasteiger partial charge in [0.2, 0.25) is 5.91 Å². The highest BCUT2D eigenvalue weighted by Crippen LogP contribution is 2.44. The molecule has 0 fully saturated rings. The van der Waals surface area contributed by atoms with E-state index < -0.39 is 5.41 Å². The van der Waals surface area contributed by atoms with Gasteiger partial charge in [-0.1, -0.05) is 43.3 Å². The Balaban J connectivity index is 1.88. The average molecular weight is 458 g/mol. The molecule has 0 aliphatic rings. The lowest BCUT2D eigenvalue weighted by atomic mass is 9.69. The van der Waals surface area contributed by atoms with Crippen molar-refractivity contribution in [2.24, 2.45) is 5.41 Å². The van der Waals surface area contributed by atoms with Crippen LogP contribution in [0, 0.1) is 19.3 Å². The molecule has 176 valence electrons. The minimum absolute atomic E-state index is 0.0580. The van der Waals surface area contributed by atoms with Crippen molar-refractivity contribution in [3.63, 3.8) is 0 Å². The molecule has 0 aliphatic carbocycles. The van der Waals surface area contributed by atoms with E-state index in [0.29, 0.717) is 5.69 Å². The van der Waals surface area contributed by atoms with Crippen LogP contribution in [0.2, 0.25) is 0 Å². The second kappa shape index (κ2) is 9.35. The summed E-state index contributed by atoms with van der Waals surface area (Å²) in [6.45, 7) is 10.6. The molecule has 2 aromatic heterocycles. The molecule has 0 bridgehead atoms. The minimum atomic E-state index is -0.836. The van der Waals surface area contributed by atoms with E-state index in [9.17, 15) is 9.90 Å². The third-order valence-electron chi connectivity index (χ3n) is 6.70. The zero-order chi connectivity index (χ0) is 24.5. The molecule has 4 rings (SSSR count). The molecule has 2 heterocycles. The van der Waals surface area contributed by atoms with E-state index in [4.69, 9.17) is 0 Å². The number of nitrogens with zero attached hydrogens (tertiary/aromatic N) is 4. The van der Waals surface area contributed by atoms with Gasteiger partial charge in [-0.25, -0.2) is 4.68 Å². The van der Waals surface area contributed by atoms with Gasteiger partial charge in [-0.05, 0) is 66.8 Å². The number of hydrogen-bond donors (Lipinski definition) is 2. The van der Waals surface area contributed by atoms with Gasteiger partial charge in [-0.3, -0.25) is 9.78 Å². The number of anilines is 1. The summed E-state index contributed by atoms with van der Waals surface area (Å²) in [5, 5.41) is 21.7. The van der Waals surface area contributed by atoms with Gasteiger partial charge >= 0.3 is 0 Å². The van der Waals surface area contributed by atoms with E-state index in [1.54, 1.807) is 18.5 Å². The lowest BCUT2D eigenvalue weighted by molar-refractivity contribution is -0.124. The predicted octanol–water partition coefficient (Wildman–Crippen LogP) is 4.75. The number of aryl methyl sites for hydroxylation is 3. The summed E-state index contributed by atoms with van der Waals surface area (Å²) in [6, 6.07) is 13.8. The van der Waals surface area contributed by atoms with E-state index in [1.165, 1.54) is 0 Å². The highest BCUT2D eigenvalue weighted by molar-refractivity contribution is 5.96. The highest BCUT2D eigenvalue weighted by atomic mass is 16.3. The highest BCUT2D eigenvalue weighted by Gasteiger charge is 2.40. The number of aliphatic hydroxyl groups excluding tert-OH is 1. The Labute approximate surface area is 199 Å². The molecule has 1 atom stereocenters. The van der Waals surface area contributed by atoms with Crippen molar-refractivity contribution in [2.75, 3.05) is 5.32 Å². The summed E-state index contributed by atoms with van der Waals surface area (Å²) in [4.78, 5) is 17.8. The summed E-state index contributed by atoms with van der Waals surface area (Å²) in [5.41, 5.74) is 6.45. The molecule has 0 spiro atoms. The maximum absolute atomic E-state index is 13.6. The lowest BCUT2D eigenvalue weighted by Crippen LogP contribution is -2.37. The fourth-order valence-corrected chi connectivity index (χ4v) is 4.62. The maximum atomic E-state index is 13.6. The number of pyridine rings is 1. The summed E-state index contributed by atoms with van der Waals surface area (Å²) < 4.78 is 1.87. The summed E-state index contributed by atoms with van der Waals surface area (Å²) >= 11 is 0. The van der Waals surface area contributed by atoms with Crippen molar-refractivity contribution < 1.29 is 9.90 Å². The van der Waals surface area contributed by atoms with Crippen LogP contribution in [-0.4, -0.2) is 31.0 Å². The molecular weight excluding hydrogens is 426 g/mol. The smallest absolute Gasteiger partial charge is 0.231 e. The normalized spacial score (nSPS) is 12.6. The largest absolute Gasteiger partial charge is 0.392 e. The Hall–Kier alpha value is -3.58. The number of carbonyl (C=O) groups is 1. The SMILES string of the molecule is CCn1nnc2c(C)c([C@H](c3ccc(C)c(CO)c3)C(C)(C)C(=O)Nc3cccnc3)ccc21. The molecule has 34 heavy (non-hydrogen) atoms. The summed E-state index contributed by atoms with van der Waals surface area (Å²) in [5.74, 6) is -0.403. The van der Waals surface area contributed by atoms with Gasteiger partial charge in [-0.2, -0.15) is 0 Å². The maximum Gasteiger partial charge on any atom is 0.231 e. The quantitative estimate of drug-likeness (QED) is 0.418. The Bertz CT molecular complexity index is 1330. The topological polar surface area (TPSA) is 92.9 Å². The molecule has 0 saturated heterocycles. The van der Waals surface area contributed by atoms with Crippen molar-refractivity contribution in [3.8, 4) is 0 Å². The molecule has 0 unspecified atom stereocenters. The first-order valence-corrected chi connectivity index (χ1v) is 11.5. The lowest BCUT2D eigenvalue weighted by Gasteiger charge is -2.35. The number of amides is 1. The van der Waals surface area contributed by atoms with Crippen molar-refractivity contribution in [2.45, 2.75) is 53.7 Å². The first kappa shape index (κ1) is 23.6. The van der Waals surface area contributed by atoms with Crippen LogP contribution in [0.25, 0.3) is 11.0 Å². The molecule has 1 amide bonds. The number of rotatable bonds is 7. The second-order valence-corrected chi connectivity index (χ2v) is 9.25. The van der Waals surface area contributed by atoms with Crippen LogP contribution >= 0.6 is 0 Å². The average Bonchev–Trinajstić information content (AvgIpc) is 3.26. The summed E-state index contributed by atoms with van der Waals surface area (Å²) in [6.07, 6.45) is 3.31. The zero-order valence-electron chi connectivity index (χ0n) is 20.3. The first-order valence-electron chi connectivity index (χ1n) is 11.5. The van der Waals surface area contributed by atoms with E-state index in [-0.39, 0.29) is 18.4 Å². The van der Waals surface area contributed by atoms with Crippen LogP contribution in [0.15, 0.2) is 54.9 Å². The first-order chi connectivity index (χ1) is 16.3. The van der Waals surface area contributed by atoms with Gasteiger partial charge in [0.15, 0.2) is 0 Å². The molecule has 4 aromatic rings. The zero-order valence-corrected chi connectivity index (χ0v) is 20.3. The van der Waals surface area contributed by atoms with Gasteiger partial charge < -0.3 is 10.4 Å². The second-order valence-electron chi connectivity index (χ2n) is 9.25. The Morgan fingerprint density at radius 2 is 1.97 bits per heavy atom. The number of nitrogens with one attached hydrogen (secondary N) is 1. The van der Waals surface area contributed by atoms with Crippen LogP contribution in [0.5, 0.6) is 0 Å². The van der Waals surface area contributed by atoms with Gasteiger partial charge in [0, 0.05) is 18.7 Å². The van der Waals surface area contributed by atoms with Crippen LogP contribution in [0.3, 0.4) is 0 Å². The van der Waals surface area contributed by atoms with Crippen LogP contribution in [0.1, 0.15) is 54.5 Å². The Kier molecular flexibility index (Phi) is 6.48. The minimum Gasteiger partial charge on any atom is -0.392 e. The number of aromatic nitrogens is 4. The van der Waals surface area contributed by atoms with Crippen LogP contribution < -0.4 is 5.32 Å². The number of aliphatic hydroxyl groups is 1. The Morgan fingerprint density at radius 1 is 1.18 bits per heavy atom. The number of fused-ring (bicyclic) bond motifs is 1. The molecule has 7 nitrogen and oxygen atoms in total. The third kappa shape index (κ3) is 4.19. The number of benzene rings is 2. The van der Waals surface area contributed by atoms with Crippen molar-refractivity contribution in [1.29, 1.82) is 0 Å². The number of hydrogen-bond acceptors (Lipinski definition) is 5. The monoisotopic (exact) mass is 457 g/mol. The van der Waals surface area contributed by atoms with Gasteiger partial charge in [0.25, 0.3) is 0 Å². The fraction of sp³-hybridized carbons (Fsp3) is 0.333. The molecule has 2 N–H and O–H groups in total. The molecular formula is C27H31N5O2. The molecule has 0 aliphatic heterocycles. The standard InChI is InChI=1S/C27H31N5O2/c1-6-32-23-12-11-22(18(3)25(23)30-31-32)24(19-10-9-17(2)20(14-19)16-33)27(4,5)26(34)29-21-8-7-13-28-15-21/h7-15,24,33H,6,16H2,1-5H3,(H,29,34)/t24-/m0/s1. The van der Waals surface area contributed by atoms with Crippen LogP contribution in [-0.2, 0) is 17.9 Å². The predicted molar refractivity (Wildman–Crippen MR) is 134 cm³/mol. The van der Waals surface area contributed by atoms with E-state index in [0.717, 1.165) is 45.4 Å². The van der Waals surface area contributed by atoms with E-state index in [2.05, 4.69) is 26.7 Å². The number of carbonyl (C=O) groups excluding carboxylic acids is 1. The van der Waals surface area contributed by atoms with Gasteiger partial charge in [0.1, 0.15) is 5.52 Å². The molecule has 0 saturated carbocycles. The van der Waals surface area contributed by atoms with Gasteiger partial charge in [-0.15, -0.1) is 5.10 Å². The third-order valence-corrected chi connectivity index (χ3v) is 6.70. The fourth-order valence-electron chi connectivity index (χ4n) is 4.62. The van der Waals surface area contributed by atoms with Crippen molar-refractivity contribution >= 4 is 22.6 Å². The van der Waals surface area contributed by atoms with Gasteiger partial charge in [0.05, 0.1) is 29.4 Å².